The van der Waals surface area contributed by atoms with Gasteiger partial charge in [-0.1, -0.05) is 25.5 Å². The van der Waals surface area contributed by atoms with Crippen molar-refractivity contribution in [2.75, 3.05) is 12.4 Å². The molecule has 2 N–H and O–H groups in total. The Hall–Kier alpha value is -3.78. The number of carbonyl (C=O) groups excluding carboxylic acids is 1. The Kier molecular flexibility index (Phi) is 7.18. The number of fused-ring (bicyclic) bond motifs is 1. The molecule has 4 rings (SSSR count). The van der Waals surface area contributed by atoms with Crippen LogP contribution in [0, 0.1) is 6.92 Å². The molecule has 0 radical (unpaired) electrons. The summed E-state index contributed by atoms with van der Waals surface area (Å²) in [5.41, 5.74) is 5.92. The highest BCUT2D eigenvalue weighted by Crippen LogP contribution is 2.22. The van der Waals surface area contributed by atoms with E-state index in [2.05, 4.69) is 39.9 Å². The minimum atomic E-state index is -0.299. The Morgan fingerprint density at radius 1 is 1.03 bits per heavy atom. The normalized spacial score (nSPS) is 10.8. The topological polar surface area (TPSA) is 81.1 Å². The van der Waals surface area contributed by atoms with Gasteiger partial charge in [0, 0.05) is 11.3 Å². The van der Waals surface area contributed by atoms with Gasteiger partial charge in [0.15, 0.2) is 5.11 Å². The fourth-order valence-corrected chi connectivity index (χ4v) is 3.77. The minimum absolute atomic E-state index is 0.207. The molecular formula is C26H27N5O2S. The predicted octanol–water partition coefficient (Wildman–Crippen LogP) is 5.21. The van der Waals surface area contributed by atoms with Gasteiger partial charge < -0.3 is 10.1 Å². The number of benzene rings is 3. The molecule has 7 nitrogen and oxygen atoms in total. The number of nitrogens with one attached hydrogen (secondary N) is 2. The molecule has 0 spiro atoms. The molecule has 0 saturated heterocycles. The van der Waals surface area contributed by atoms with Crippen molar-refractivity contribution in [3.63, 3.8) is 0 Å². The molecule has 0 bridgehead atoms. The maximum atomic E-state index is 12.5. The summed E-state index contributed by atoms with van der Waals surface area (Å²) < 4.78 is 5.12. The van der Waals surface area contributed by atoms with E-state index >= 15 is 0 Å². The first-order chi connectivity index (χ1) is 16.5. The second-order valence-corrected chi connectivity index (χ2v) is 8.46. The van der Waals surface area contributed by atoms with Gasteiger partial charge in [0.1, 0.15) is 16.8 Å². The van der Waals surface area contributed by atoms with E-state index in [0.717, 1.165) is 34.4 Å². The van der Waals surface area contributed by atoms with Crippen LogP contribution in [0.3, 0.4) is 0 Å². The molecule has 174 valence electrons. The van der Waals surface area contributed by atoms with Gasteiger partial charge in [-0.3, -0.25) is 10.1 Å². The lowest BCUT2D eigenvalue weighted by molar-refractivity contribution is 0.0977. The summed E-state index contributed by atoms with van der Waals surface area (Å²) in [6, 6.07) is 19.0. The average Bonchev–Trinajstić information content (AvgIpc) is 3.25. The van der Waals surface area contributed by atoms with E-state index in [4.69, 9.17) is 17.0 Å². The first-order valence-electron chi connectivity index (χ1n) is 11.2. The summed E-state index contributed by atoms with van der Waals surface area (Å²) in [4.78, 5) is 14.1. The molecule has 4 aromatic rings. The number of nitrogens with zero attached hydrogens (tertiary/aromatic N) is 3. The third kappa shape index (κ3) is 5.40. The van der Waals surface area contributed by atoms with Crippen molar-refractivity contribution < 1.29 is 9.53 Å². The van der Waals surface area contributed by atoms with E-state index in [0.29, 0.717) is 11.3 Å². The lowest BCUT2D eigenvalue weighted by atomic mass is 10.1. The zero-order chi connectivity index (χ0) is 24.1. The van der Waals surface area contributed by atoms with Crippen LogP contribution in [0.15, 0.2) is 60.7 Å². The van der Waals surface area contributed by atoms with Crippen LogP contribution in [-0.2, 0) is 6.42 Å². The molecule has 0 aliphatic rings. The van der Waals surface area contributed by atoms with E-state index in [1.54, 1.807) is 36.2 Å². The fraction of sp³-hybridized carbons (Fsp3) is 0.231. The molecule has 0 aliphatic carbocycles. The number of methoxy groups -OCH3 is 1. The maximum Gasteiger partial charge on any atom is 0.257 e. The quantitative estimate of drug-likeness (QED) is 0.359. The number of rotatable bonds is 7. The number of ether oxygens (including phenoxy) is 1. The Labute approximate surface area is 204 Å². The van der Waals surface area contributed by atoms with Crippen LogP contribution < -0.4 is 15.4 Å². The van der Waals surface area contributed by atoms with Crippen molar-refractivity contribution in [1.29, 1.82) is 0 Å². The second-order valence-electron chi connectivity index (χ2n) is 8.05. The van der Waals surface area contributed by atoms with Crippen molar-refractivity contribution in [2.24, 2.45) is 0 Å². The van der Waals surface area contributed by atoms with E-state index in [9.17, 15) is 4.79 Å². The van der Waals surface area contributed by atoms with Crippen molar-refractivity contribution in [2.45, 2.75) is 33.1 Å². The minimum Gasteiger partial charge on any atom is -0.497 e. The molecule has 0 atom stereocenters. The van der Waals surface area contributed by atoms with Gasteiger partial charge in [0.2, 0.25) is 0 Å². The van der Waals surface area contributed by atoms with Gasteiger partial charge in [0.05, 0.1) is 12.8 Å². The van der Waals surface area contributed by atoms with E-state index in [1.165, 1.54) is 18.4 Å². The first-order valence-corrected chi connectivity index (χ1v) is 11.6. The van der Waals surface area contributed by atoms with Crippen LogP contribution >= 0.6 is 12.2 Å². The fourth-order valence-electron chi connectivity index (χ4n) is 3.57. The van der Waals surface area contributed by atoms with Gasteiger partial charge in [-0.2, -0.15) is 4.80 Å². The monoisotopic (exact) mass is 473 g/mol. The predicted molar refractivity (Wildman–Crippen MR) is 139 cm³/mol. The lowest BCUT2D eigenvalue weighted by Crippen LogP contribution is -2.34. The van der Waals surface area contributed by atoms with Gasteiger partial charge in [-0.25, -0.2) is 0 Å². The van der Waals surface area contributed by atoms with E-state index in [1.807, 2.05) is 31.2 Å². The number of aryl methyl sites for hydroxylation is 2. The summed E-state index contributed by atoms with van der Waals surface area (Å²) in [5, 5.41) is 15.3. The molecule has 34 heavy (non-hydrogen) atoms. The largest absolute Gasteiger partial charge is 0.497 e. The van der Waals surface area contributed by atoms with Crippen molar-refractivity contribution in [1.82, 2.24) is 20.3 Å². The number of thiocarbonyl (C=S) groups is 1. The highest BCUT2D eigenvalue weighted by molar-refractivity contribution is 7.80. The molecule has 0 saturated carbocycles. The zero-order valence-electron chi connectivity index (χ0n) is 19.5. The van der Waals surface area contributed by atoms with Crippen LogP contribution in [-0.4, -0.2) is 33.1 Å². The molecule has 8 heteroatoms. The number of unbranched alkanes of at least 4 members (excludes halogenated alkanes) is 1. The molecule has 1 amide bonds. The molecule has 1 heterocycles. The molecule has 1 aromatic heterocycles. The number of aromatic nitrogens is 3. The van der Waals surface area contributed by atoms with Crippen LogP contribution in [0.2, 0.25) is 0 Å². The third-order valence-electron chi connectivity index (χ3n) is 5.54. The molecular weight excluding hydrogens is 446 g/mol. The van der Waals surface area contributed by atoms with E-state index in [-0.39, 0.29) is 11.0 Å². The van der Waals surface area contributed by atoms with E-state index < -0.39 is 0 Å². The third-order valence-corrected chi connectivity index (χ3v) is 5.74. The SMILES string of the molecule is CCCCc1ccc(-n2nc3cc(C)c(NC(=S)NC(=O)c4ccc(OC)cc4)cc3n2)cc1. The number of amides is 1. The van der Waals surface area contributed by atoms with Crippen LogP contribution in [0.5, 0.6) is 5.75 Å². The summed E-state index contributed by atoms with van der Waals surface area (Å²) in [5.74, 6) is 0.383. The first kappa shape index (κ1) is 23.4. The smallest absolute Gasteiger partial charge is 0.257 e. The second kappa shape index (κ2) is 10.4. The Bertz CT molecular complexity index is 1310. The van der Waals surface area contributed by atoms with Crippen molar-refractivity contribution in [3.05, 3.63) is 77.4 Å². The standard InChI is InChI=1S/C26H27N5O2S/c1-4-5-6-18-7-11-20(12-8-18)31-29-23-15-17(2)22(16-24(23)30-31)27-26(34)28-25(32)19-9-13-21(33-3)14-10-19/h7-16H,4-6H2,1-3H3,(H2,27,28,32,34). The Morgan fingerprint density at radius 3 is 2.35 bits per heavy atom. The van der Waals surface area contributed by atoms with Crippen molar-refractivity contribution in [3.8, 4) is 11.4 Å². The van der Waals surface area contributed by atoms with Crippen LogP contribution in [0.1, 0.15) is 41.3 Å². The Balaban J connectivity index is 1.47. The molecule has 0 unspecified atom stereocenters. The Morgan fingerprint density at radius 2 is 1.71 bits per heavy atom. The number of hydrogen-bond donors (Lipinski definition) is 2. The molecule has 0 fully saturated rings. The van der Waals surface area contributed by atoms with Crippen LogP contribution in [0.25, 0.3) is 16.7 Å². The van der Waals surface area contributed by atoms with Crippen molar-refractivity contribution >= 4 is 40.0 Å². The average molecular weight is 474 g/mol. The van der Waals surface area contributed by atoms with Gasteiger partial charge in [0.25, 0.3) is 5.91 Å². The summed E-state index contributed by atoms with van der Waals surface area (Å²) in [7, 11) is 1.58. The molecule has 0 aliphatic heterocycles. The highest BCUT2D eigenvalue weighted by Gasteiger charge is 2.12. The summed E-state index contributed by atoms with van der Waals surface area (Å²) >= 11 is 5.36. The highest BCUT2D eigenvalue weighted by atomic mass is 32.1. The van der Waals surface area contributed by atoms with Crippen LogP contribution in [0.4, 0.5) is 5.69 Å². The van der Waals surface area contributed by atoms with Gasteiger partial charge >= 0.3 is 0 Å². The number of hydrogen-bond acceptors (Lipinski definition) is 5. The number of carbonyl (C=O) groups is 1. The van der Waals surface area contributed by atoms with Gasteiger partial charge in [-0.15, -0.1) is 10.2 Å². The molecule has 3 aromatic carbocycles. The lowest BCUT2D eigenvalue weighted by Gasteiger charge is -2.12. The maximum absolute atomic E-state index is 12.5. The number of anilines is 1. The summed E-state index contributed by atoms with van der Waals surface area (Å²) in [6.07, 6.45) is 3.44. The van der Waals surface area contributed by atoms with Gasteiger partial charge in [-0.05, 0) is 91.6 Å². The zero-order valence-corrected chi connectivity index (χ0v) is 20.3. The summed E-state index contributed by atoms with van der Waals surface area (Å²) in [6.45, 7) is 4.15.